The van der Waals surface area contributed by atoms with Crippen LogP contribution < -0.4 is 5.32 Å². The third kappa shape index (κ3) is 2.29. The Balaban J connectivity index is 1.64. The predicted molar refractivity (Wildman–Crippen MR) is 70.1 cm³/mol. The van der Waals surface area contributed by atoms with Crippen LogP contribution in [-0.4, -0.2) is 20.6 Å². The van der Waals surface area contributed by atoms with Crippen molar-refractivity contribution in [2.75, 3.05) is 0 Å². The highest BCUT2D eigenvalue weighted by Gasteiger charge is 2.24. The summed E-state index contributed by atoms with van der Waals surface area (Å²) in [5.74, 6) is 0. The highest BCUT2D eigenvalue weighted by molar-refractivity contribution is 5.27. The van der Waals surface area contributed by atoms with Gasteiger partial charge in [-0.1, -0.05) is 6.07 Å². The van der Waals surface area contributed by atoms with Gasteiger partial charge in [-0.3, -0.25) is 4.98 Å². The number of nitrogens with one attached hydrogen (secondary N) is 1. The molecule has 0 radical (unpaired) electrons. The Bertz CT molecular complexity index is 506. The van der Waals surface area contributed by atoms with Crippen molar-refractivity contribution in [2.45, 2.75) is 38.4 Å². The second-order valence-corrected chi connectivity index (χ2v) is 4.97. The number of fused-ring (bicyclic) bond motifs is 1. The molecule has 0 saturated heterocycles. The van der Waals surface area contributed by atoms with Gasteiger partial charge in [0.2, 0.25) is 0 Å². The third-order valence-electron chi connectivity index (χ3n) is 3.49. The third-order valence-corrected chi connectivity index (χ3v) is 3.49. The summed E-state index contributed by atoms with van der Waals surface area (Å²) in [6.45, 7) is 3.15. The Morgan fingerprint density at radius 2 is 2.44 bits per heavy atom. The molecule has 1 N–H and O–H groups in total. The molecule has 3 rings (SSSR count). The highest BCUT2D eigenvalue weighted by atomic mass is 15.1. The number of hydrogen-bond donors (Lipinski definition) is 1. The summed E-state index contributed by atoms with van der Waals surface area (Å²) in [5, 5.41) is 3.66. The van der Waals surface area contributed by atoms with Crippen LogP contribution in [0.5, 0.6) is 0 Å². The maximum atomic E-state index is 4.51. The zero-order valence-electron chi connectivity index (χ0n) is 10.6. The first kappa shape index (κ1) is 11.4. The van der Waals surface area contributed by atoms with Gasteiger partial charge in [0.15, 0.2) is 0 Å². The lowest BCUT2D eigenvalue weighted by Crippen LogP contribution is -2.33. The standard InChI is InChI=1S/C14H18N4/c1-11(9-18-8-7-15-10-18)17-13-5-4-12-3-2-6-16-14(12)13/h2-3,6-8,10-11,13,17H,4-5,9H2,1H3. The molecule has 94 valence electrons. The van der Waals surface area contributed by atoms with Gasteiger partial charge < -0.3 is 9.88 Å². The Morgan fingerprint density at radius 3 is 3.28 bits per heavy atom. The van der Waals surface area contributed by atoms with E-state index in [1.165, 1.54) is 11.3 Å². The fourth-order valence-corrected chi connectivity index (χ4v) is 2.68. The molecule has 0 spiro atoms. The highest BCUT2D eigenvalue weighted by Crippen LogP contribution is 2.29. The number of pyridine rings is 1. The summed E-state index contributed by atoms with van der Waals surface area (Å²) >= 11 is 0. The molecule has 18 heavy (non-hydrogen) atoms. The molecule has 4 heteroatoms. The average Bonchev–Trinajstić information content (AvgIpc) is 3.00. The summed E-state index contributed by atoms with van der Waals surface area (Å²) in [6, 6.07) is 5.03. The summed E-state index contributed by atoms with van der Waals surface area (Å²) < 4.78 is 2.10. The van der Waals surface area contributed by atoms with Gasteiger partial charge in [-0.25, -0.2) is 4.98 Å². The van der Waals surface area contributed by atoms with Crippen molar-refractivity contribution in [1.29, 1.82) is 0 Å². The monoisotopic (exact) mass is 242 g/mol. The number of imidazole rings is 1. The van der Waals surface area contributed by atoms with Crippen LogP contribution in [0.15, 0.2) is 37.1 Å². The number of rotatable bonds is 4. The fourth-order valence-electron chi connectivity index (χ4n) is 2.68. The van der Waals surface area contributed by atoms with E-state index in [1.54, 1.807) is 0 Å². The summed E-state index contributed by atoms with van der Waals surface area (Å²) in [4.78, 5) is 8.57. The van der Waals surface area contributed by atoms with Crippen molar-refractivity contribution >= 4 is 0 Å². The van der Waals surface area contributed by atoms with Gasteiger partial charge >= 0.3 is 0 Å². The number of aromatic nitrogens is 3. The van der Waals surface area contributed by atoms with E-state index in [0.29, 0.717) is 12.1 Å². The zero-order valence-corrected chi connectivity index (χ0v) is 10.6. The van der Waals surface area contributed by atoms with Crippen LogP contribution in [0, 0.1) is 0 Å². The summed E-state index contributed by atoms with van der Waals surface area (Å²) in [5.41, 5.74) is 2.62. The van der Waals surface area contributed by atoms with Crippen LogP contribution in [0.2, 0.25) is 0 Å². The molecule has 2 atom stereocenters. The average molecular weight is 242 g/mol. The van der Waals surface area contributed by atoms with Gasteiger partial charge in [0, 0.05) is 31.2 Å². The molecule has 0 aliphatic heterocycles. The maximum Gasteiger partial charge on any atom is 0.0946 e. The largest absolute Gasteiger partial charge is 0.336 e. The number of hydrogen-bond acceptors (Lipinski definition) is 3. The normalized spacial score (nSPS) is 19.7. The molecule has 0 amide bonds. The predicted octanol–water partition coefficient (Wildman–Crippen LogP) is 1.94. The van der Waals surface area contributed by atoms with Crippen LogP contribution in [0.1, 0.15) is 30.6 Å². The van der Waals surface area contributed by atoms with Crippen LogP contribution in [0.4, 0.5) is 0 Å². The van der Waals surface area contributed by atoms with E-state index in [9.17, 15) is 0 Å². The quantitative estimate of drug-likeness (QED) is 0.891. The lowest BCUT2D eigenvalue weighted by atomic mass is 10.2. The number of nitrogens with zero attached hydrogens (tertiary/aromatic N) is 3. The SMILES string of the molecule is CC(Cn1ccnc1)NC1CCc2cccnc21. The van der Waals surface area contributed by atoms with Gasteiger partial charge in [0.25, 0.3) is 0 Å². The van der Waals surface area contributed by atoms with E-state index in [-0.39, 0.29) is 0 Å². The van der Waals surface area contributed by atoms with E-state index >= 15 is 0 Å². The summed E-state index contributed by atoms with van der Waals surface area (Å²) in [6.07, 6.45) is 9.86. The Morgan fingerprint density at radius 1 is 1.50 bits per heavy atom. The van der Waals surface area contributed by atoms with Crippen LogP contribution >= 0.6 is 0 Å². The topological polar surface area (TPSA) is 42.7 Å². The molecule has 2 heterocycles. The van der Waals surface area contributed by atoms with Crippen LogP contribution in [-0.2, 0) is 13.0 Å². The molecular weight excluding hydrogens is 224 g/mol. The molecule has 0 saturated carbocycles. The van der Waals surface area contributed by atoms with Gasteiger partial charge in [-0.15, -0.1) is 0 Å². The molecule has 1 aliphatic carbocycles. The minimum atomic E-state index is 0.403. The molecule has 0 aromatic carbocycles. The number of aryl methyl sites for hydroxylation is 1. The lowest BCUT2D eigenvalue weighted by Gasteiger charge is -2.20. The second kappa shape index (κ2) is 4.90. The second-order valence-electron chi connectivity index (χ2n) is 4.97. The summed E-state index contributed by atoms with van der Waals surface area (Å²) in [7, 11) is 0. The van der Waals surface area contributed by atoms with Gasteiger partial charge in [-0.2, -0.15) is 0 Å². The molecule has 0 fully saturated rings. The van der Waals surface area contributed by atoms with Crippen molar-refractivity contribution in [3.63, 3.8) is 0 Å². The Hall–Kier alpha value is -1.68. The van der Waals surface area contributed by atoms with Crippen molar-refractivity contribution in [3.05, 3.63) is 48.3 Å². The molecule has 4 nitrogen and oxygen atoms in total. The van der Waals surface area contributed by atoms with E-state index < -0.39 is 0 Å². The minimum absolute atomic E-state index is 0.403. The van der Waals surface area contributed by atoms with Crippen LogP contribution in [0.3, 0.4) is 0 Å². The Labute approximate surface area is 107 Å². The van der Waals surface area contributed by atoms with Crippen molar-refractivity contribution in [3.8, 4) is 0 Å². The van der Waals surface area contributed by atoms with Crippen LogP contribution in [0.25, 0.3) is 0 Å². The van der Waals surface area contributed by atoms with Crippen molar-refractivity contribution in [2.24, 2.45) is 0 Å². The lowest BCUT2D eigenvalue weighted by molar-refractivity contribution is 0.408. The minimum Gasteiger partial charge on any atom is -0.336 e. The molecule has 2 aromatic rings. The first-order valence-corrected chi connectivity index (χ1v) is 6.48. The first-order chi connectivity index (χ1) is 8.83. The van der Waals surface area contributed by atoms with Gasteiger partial charge in [0.1, 0.15) is 0 Å². The molecule has 0 bridgehead atoms. The van der Waals surface area contributed by atoms with Gasteiger partial charge in [-0.05, 0) is 31.4 Å². The fraction of sp³-hybridized carbons (Fsp3) is 0.429. The van der Waals surface area contributed by atoms with Gasteiger partial charge in [0.05, 0.1) is 18.1 Å². The van der Waals surface area contributed by atoms with E-state index in [4.69, 9.17) is 0 Å². The first-order valence-electron chi connectivity index (χ1n) is 6.48. The van der Waals surface area contributed by atoms with Crippen molar-refractivity contribution < 1.29 is 0 Å². The maximum absolute atomic E-state index is 4.51. The van der Waals surface area contributed by atoms with E-state index in [2.05, 4.69) is 32.8 Å². The Kier molecular flexibility index (Phi) is 3.11. The molecule has 2 unspecified atom stereocenters. The molecule has 1 aliphatic rings. The van der Waals surface area contributed by atoms with E-state index in [1.807, 2.05) is 31.0 Å². The zero-order chi connectivity index (χ0) is 12.4. The van der Waals surface area contributed by atoms with Crippen molar-refractivity contribution in [1.82, 2.24) is 19.9 Å². The molecule has 2 aromatic heterocycles. The van der Waals surface area contributed by atoms with E-state index in [0.717, 1.165) is 19.4 Å². The smallest absolute Gasteiger partial charge is 0.0946 e. The molecular formula is C14H18N4.